The average molecular weight is 251 g/mol. The quantitative estimate of drug-likeness (QED) is 0.305. The summed E-state index contributed by atoms with van der Waals surface area (Å²) in [6.45, 7) is 3.70. The number of rotatable bonds is 5. The Morgan fingerprint density at radius 1 is 1.44 bits per heavy atom. The van der Waals surface area contributed by atoms with E-state index in [0.717, 1.165) is 0 Å². The molecular weight excluding hydrogens is 234 g/mol. The van der Waals surface area contributed by atoms with Crippen LogP contribution in [0.3, 0.4) is 0 Å². The number of hydrogen-bond donors (Lipinski definition) is 3. The number of carbonyl (C=O) groups is 1. The molecule has 1 amide bonds. The Morgan fingerprint density at radius 2 is 2.00 bits per heavy atom. The van der Waals surface area contributed by atoms with Crippen LogP contribution < -0.4 is 11.1 Å². The molecule has 7 heteroatoms. The summed E-state index contributed by atoms with van der Waals surface area (Å²) >= 11 is 0. The number of hydrogen-bond acceptors (Lipinski definition) is 5. The predicted octanol–water partition coefficient (Wildman–Crippen LogP) is 0.512. The van der Waals surface area contributed by atoms with Crippen LogP contribution in [0, 0.1) is 0 Å². The number of nitrogens with zero attached hydrogens (tertiary/aromatic N) is 3. The first-order chi connectivity index (χ1) is 8.59. The fourth-order valence-corrected chi connectivity index (χ4v) is 1.65. The summed E-state index contributed by atoms with van der Waals surface area (Å²) in [4.78, 5) is 19.6. The van der Waals surface area contributed by atoms with Crippen LogP contribution in [0.4, 0.5) is 0 Å². The molecule has 0 saturated heterocycles. The van der Waals surface area contributed by atoms with E-state index in [1.807, 2.05) is 13.8 Å². The van der Waals surface area contributed by atoms with Crippen molar-refractivity contribution < 1.29 is 10.0 Å². The Labute approximate surface area is 105 Å². The third kappa shape index (κ3) is 2.73. The van der Waals surface area contributed by atoms with Gasteiger partial charge in [0.2, 0.25) is 0 Å². The van der Waals surface area contributed by atoms with Crippen LogP contribution >= 0.6 is 0 Å². The topological polar surface area (TPSA) is 113 Å². The van der Waals surface area contributed by atoms with Crippen LogP contribution in [0.5, 0.6) is 0 Å². The maximum Gasteiger partial charge on any atom is 0.255 e. The number of carbonyl (C=O) groups excluding carboxylic acids is 1. The number of amides is 1. The van der Waals surface area contributed by atoms with Crippen molar-refractivity contribution in [3.8, 4) is 0 Å². The van der Waals surface area contributed by atoms with Gasteiger partial charge in [0.15, 0.2) is 5.84 Å². The summed E-state index contributed by atoms with van der Waals surface area (Å²) in [5, 5.41) is 14.6. The van der Waals surface area contributed by atoms with Crippen molar-refractivity contribution in [3.05, 3.63) is 24.3 Å². The molecule has 0 fully saturated rings. The molecule has 1 aromatic heterocycles. The number of amidine groups is 1. The predicted molar refractivity (Wildman–Crippen MR) is 66.2 cm³/mol. The van der Waals surface area contributed by atoms with Gasteiger partial charge in [-0.3, -0.25) is 4.79 Å². The zero-order valence-electron chi connectivity index (χ0n) is 10.4. The lowest BCUT2D eigenvalue weighted by atomic mass is 9.91. The molecule has 1 rings (SSSR count). The van der Waals surface area contributed by atoms with E-state index in [-0.39, 0.29) is 11.7 Å². The summed E-state index contributed by atoms with van der Waals surface area (Å²) in [6.07, 6.45) is 5.18. The first kappa shape index (κ1) is 13.9. The summed E-state index contributed by atoms with van der Waals surface area (Å²) in [7, 11) is 0. The van der Waals surface area contributed by atoms with Gasteiger partial charge >= 0.3 is 0 Å². The van der Waals surface area contributed by atoms with E-state index in [1.165, 1.54) is 18.7 Å². The minimum atomic E-state index is -0.859. The molecule has 0 aromatic carbocycles. The summed E-state index contributed by atoms with van der Waals surface area (Å²) < 4.78 is 0. The van der Waals surface area contributed by atoms with Crippen molar-refractivity contribution in [2.24, 2.45) is 10.9 Å². The van der Waals surface area contributed by atoms with E-state index in [4.69, 9.17) is 10.9 Å². The molecule has 0 bridgehead atoms. The highest BCUT2D eigenvalue weighted by Gasteiger charge is 2.33. The zero-order valence-corrected chi connectivity index (χ0v) is 10.4. The highest BCUT2D eigenvalue weighted by atomic mass is 16.4. The van der Waals surface area contributed by atoms with E-state index >= 15 is 0 Å². The van der Waals surface area contributed by atoms with Crippen molar-refractivity contribution >= 4 is 11.7 Å². The average Bonchev–Trinajstić information content (AvgIpc) is 2.44. The normalized spacial score (nSPS) is 12.2. The lowest BCUT2D eigenvalue weighted by Crippen LogP contribution is -2.56. The maximum absolute atomic E-state index is 12.0. The van der Waals surface area contributed by atoms with Crippen molar-refractivity contribution in [3.63, 3.8) is 0 Å². The van der Waals surface area contributed by atoms with Gasteiger partial charge in [0.05, 0.1) is 5.56 Å². The second-order valence-electron chi connectivity index (χ2n) is 3.86. The third-order valence-corrected chi connectivity index (χ3v) is 2.98. The summed E-state index contributed by atoms with van der Waals surface area (Å²) in [5.74, 6) is -0.372. The van der Waals surface area contributed by atoms with Gasteiger partial charge in [-0.15, -0.1) is 0 Å². The van der Waals surface area contributed by atoms with Gasteiger partial charge in [-0.1, -0.05) is 19.0 Å². The second-order valence-corrected chi connectivity index (χ2v) is 3.86. The Balaban J connectivity index is 2.95. The van der Waals surface area contributed by atoms with Crippen LogP contribution in [0.15, 0.2) is 23.9 Å². The summed E-state index contributed by atoms with van der Waals surface area (Å²) in [5.41, 5.74) is 5.12. The van der Waals surface area contributed by atoms with Gasteiger partial charge < -0.3 is 16.3 Å². The Hall–Kier alpha value is -2.18. The van der Waals surface area contributed by atoms with Crippen LogP contribution in [0.1, 0.15) is 37.0 Å². The van der Waals surface area contributed by atoms with Crippen LogP contribution in [-0.4, -0.2) is 32.5 Å². The summed E-state index contributed by atoms with van der Waals surface area (Å²) in [6, 6.07) is 0. The lowest BCUT2D eigenvalue weighted by molar-refractivity contribution is 0.0917. The molecule has 0 spiro atoms. The highest BCUT2D eigenvalue weighted by molar-refractivity contribution is 5.99. The standard InChI is InChI=1S/C11H17N5O2/c1-3-11(4-2,10(12)16-18)15-9(17)8-5-13-7-14-6-8/h5-7,18H,3-4H2,1-2H3,(H2,12,16)(H,15,17). The molecule has 98 valence electrons. The molecule has 0 aliphatic rings. The first-order valence-electron chi connectivity index (χ1n) is 5.65. The highest BCUT2D eigenvalue weighted by Crippen LogP contribution is 2.16. The molecule has 4 N–H and O–H groups in total. The molecule has 0 radical (unpaired) electrons. The molecule has 7 nitrogen and oxygen atoms in total. The molecule has 1 heterocycles. The molecular formula is C11H17N5O2. The Kier molecular flexibility index (Phi) is 4.59. The fraction of sp³-hybridized carbons (Fsp3) is 0.455. The molecule has 18 heavy (non-hydrogen) atoms. The zero-order chi connectivity index (χ0) is 13.6. The van der Waals surface area contributed by atoms with Gasteiger partial charge in [0.25, 0.3) is 5.91 Å². The number of aromatic nitrogens is 2. The van der Waals surface area contributed by atoms with Crippen molar-refractivity contribution in [2.75, 3.05) is 0 Å². The van der Waals surface area contributed by atoms with E-state index in [2.05, 4.69) is 20.4 Å². The van der Waals surface area contributed by atoms with Crippen molar-refractivity contribution in [1.82, 2.24) is 15.3 Å². The first-order valence-corrected chi connectivity index (χ1v) is 5.65. The minimum absolute atomic E-state index is 0.0160. The lowest BCUT2D eigenvalue weighted by Gasteiger charge is -2.31. The number of nitrogens with two attached hydrogens (primary N) is 1. The SMILES string of the molecule is CCC(CC)(NC(=O)c1cncnc1)C(N)=NO. The van der Waals surface area contributed by atoms with E-state index < -0.39 is 5.54 Å². The number of nitrogens with one attached hydrogen (secondary N) is 1. The molecule has 0 aliphatic heterocycles. The molecule has 0 aliphatic carbocycles. The van der Waals surface area contributed by atoms with Crippen molar-refractivity contribution in [1.29, 1.82) is 0 Å². The van der Waals surface area contributed by atoms with E-state index in [9.17, 15) is 4.79 Å². The van der Waals surface area contributed by atoms with E-state index in [0.29, 0.717) is 18.4 Å². The van der Waals surface area contributed by atoms with E-state index in [1.54, 1.807) is 0 Å². The second kappa shape index (κ2) is 5.95. The van der Waals surface area contributed by atoms with Crippen LogP contribution in [0.25, 0.3) is 0 Å². The van der Waals surface area contributed by atoms with Crippen molar-refractivity contribution in [2.45, 2.75) is 32.2 Å². The number of oxime groups is 1. The largest absolute Gasteiger partial charge is 0.409 e. The van der Waals surface area contributed by atoms with Gasteiger partial charge in [-0.25, -0.2) is 9.97 Å². The van der Waals surface area contributed by atoms with Gasteiger partial charge in [-0.2, -0.15) is 0 Å². The molecule has 0 saturated carbocycles. The minimum Gasteiger partial charge on any atom is -0.409 e. The third-order valence-electron chi connectivity index (χ3n) is 2.98. The fourth-order valence-electron chi connectivity index (χ4n) is 1.65. The molecule has 0 atom stereocenters. The molecule has 1 aromatic rings. The Morgan fingerprint density at radius 3 is 2.44 bits per heavy atom. The van der Waals surface area contributed by atoms with Crippen LogP contribution in [-0.2, 0) is 0 Å². The van der Waals surface area contributed by atoms with Crippen LogP contribution in [0.2, 0.25) is 0 Å². The smallest absolute Gasteiger partial charge is 0.255 e. The van der Waals surface area contributed by atoms with Gasteiger partial charge in [-0.05, 0) is 12.8 Å². The monoisotopic (exact) mass is 251 g/mol. The van der Waals surface area contributed by atoms with Gasteiger partial charge in [0, 0.05) is 12.4 Å². The van der Waals surface area contributed by atoms with Gasteiger partial charge in [0.1, 0.15) is 11.9 Å². The maximum atomic E-state index is 12.0. The Bertz CT molecular complexity index is 428. The molecule has 0 unspecified atom stereocenters.